The zero-order chi connectivity index (χ0) is 23.9. The summed E-state index contributed by atoms with van der Waals surface area (Å²) in [6.45, 7) is 3.80. The summed E-state index contributed by atoms with van der Waals surface area (Å²) < 4.78 is 7.17. The predicted octanol–water partition coefficient (Wildman–Crippen LogP) is 5.03. The molecule has 2 amide bonds. The van der Waals surface area contributed by atoms with Gasteiger partial charge in [0, 0.05) is 42.7 Å². The maximum atomic E-state index is 12.9. The van der Waals surface area contributed by atoms with Gasteiger partial charge in [0.25, 0.3) is 0 Å². The van der Waals surface area contributed by atoms with E-state index >= 15 is 0 Å². The number of pyridine rings is 1. The average molecular weight is 483 g/mol. The minimum absolute atomic E-state index is 0.00253. The molecule has 8 nitrogen and oxygen atoms in total. The van der Waals surface area contributed by atoms with Crippen molar-refractivity contribution in [3.63, 3.8) is 0 Å². The molecule has 34 heavy (non-hydrogen) atoms. The Labute approximate surface area is 205 Å². The molecule has 0 aliphatic heterocycles. The first-order valence-corrected chi connectivity index (χ1v) is 12.2. The van der Waals surface area contributed by atoms with Gasteiger partial charge < -0.3 is 15.0 Å². The van der Waals surface area contributed by atoms with E-state index in [1.54, 1.807) is 19.5 Å². The molecule has 180 valence electrons. The molecule has 1 aromatic carbocycles. The van der Waals surface area contributed by atoms with Crippen LogP contribution in [0.2, 0.25) is 5.02 Å². The van der Waals surface area contributed by atoms with E-state index in [9.17, 15) is 4.79 Å². The second kappa shape index (κ2) is 11.3. The number of urea groups is 1. The average Bonchev–Trinajstić information content (AvgIpc) is 3.54. The van der Waals surface area contributed by atoms with Gasteiger partial charge in [0.1, 0.15) is 5.75 Å². The Morgan fingerprint density at radius 3 is 2.65 bits per heavy atom. The largest absolute Gasteiger partial charge is 0.495 e. The molecule has 2 aromatic heterocycles. The van der Waals surface area contributed by atoms with Crippen LogP contribution in [-0.2, 0) is 6.54 Å². The minimum Gasteiger partial charge on any atom is -0.495 e. The normalized spacial score (nSPS) is 13.7. The Morgan fingerprint density at radius 1 is 1.21 bits per heavy atom. The fourth-order valence-electron chi connectivity index (χ4n) is 4.34. The summed E-state index contributed by atoms with van der Waals surface area (Å²) in [5.41, 5.74) is 1.71. The fraction of sp³-hybridized carbons (Fsp3) is 0.440. The summed E-state index contributed by atoms with van der Waals surface area (Å²) in [5, 5.41) is 8.35. The summed E-state index contributed by atoms with van der Waals surface area (Å²) >= 11 is 6.41. The number of aromatic nitrogens is 4. The van der Waals surface area contributed by atoms with Crippen LogP contribution in [0.5, 0.6) is 5.75 Å². The van der Waals surface area contributed by atoms with Crippen molar-refractivity contribution in [3.8, 4) is 28.5 Å². The van der Waals surface area contributed by atoms with Crippen molar-refractivity contribution in [2.24, 2.45) is 0 Å². The van der Waals surface area contributed by atoms with Crippen molar-refractivity contribution in [1.82, 2.24) is 30.0 Å². The molecule has 0 atom stereocenters. The highest BCUT2D eigenvalue weighted by Crippen LogP contribution is 2.31. The number of nitrogens with one attached hydrogen (secondary N) is 1. The van der Waals surface area contributed by atoms with Gasteiger partial charge in [-0.2, -0.15) is 5.10 Å². The first-order chi connectivity index (χ1) is 16.6. The van der Waals surface area contributed by atoms with Crippen molar-refractivity contribution in [2.75, 3.05) is 20.2 Å². The maximum Gasteiger partial charge on any atom is 0.317 e. The molecule has 0 spiro atoms. The number of methoxy groups -OCH3 is 1. The zero-order valence-electron chi connectivity index (χ0n) is 19.7. The van der Waals surface area contributed by atoms with Crippen LogP contribution in [0.1, 0.15) is 39.0 Å². The van der Waals surface area contributed by atoms with Crippen molar-refractivity contribution >= 4 is 17.6 Å². The summed E-state index contributed by atoms with van der Waals surface area (Å²) in [4.78, 5) is 23.8. The Bertz CT molecular complexity index is 1100. The summed E-state index contributed by atoms with van der Waals surface area (Å²) in [5.74, 6) is 1.90. The van der Waals surface area contributed by atoms with E-state index in [4.69, 9.17) is 26.4 Å². The Hall–Kier alpha value is -3.13. The van der Waals surface area contributed by atoms with Crippen molar-refractivity contribution < 1.29 is 9.53 Å². The Kier molecular flexibility index (Phi) is 8.00. The molecule has 1 fully saturated rings. The van der Waals surface area contributed by atoms with Crippen LogP contribution < -0.4 is 10.1 Å². The first-order valence-electron chi connectivity index (χ1n) is 11.8. The van der Waals surface area contributed by atoms with Gasteiger partial charge in [0.2, 0.25) is 0 Å². The quantitative estimate of drug-likeness (QED) is 0.462. The van der Waals surface area contributed by atoms with E-state index in [0.29, 0.717) is 42.1 Å². The number of halogens is 1. The Morgan fingerprint density at radius 2 is 1.97 bits per heavy atom. The third-order valence-corrected chi connectivity index (χ3v) is 6.42. The van der Waals surface area contributed by atoms with E-state index in [1.807, 2.05) is 39.9 Å². The number of nitrogens with zero attached hydrogens (tertiary/aromatic N) is 5. The number of rotatable bonds is 9. The highest BCUT2D eigenvalue weighted by molar-refractivity contribution is 6.32. The van der Waals surface area contributed by atoms with Crippen LogP contribution in [-0.4, -0.2) is 56.9 Å². The Balaban J connectivity index is 1.64. The van der Waals surface area contributed by atoms with E-state index < -0.39 is 0 Å². The molecule has 0 saturated heterocycles. The lowest BCUT2D eigenvalue weighted by atomic mass is 10.2. The second-order valence-corrected chi connectivity index (χ2v) is 8.84. The van der Waals surface area contributed by atoms with E-state index in [1.165, 1.54) is 0 Å². The van der Waals surface area contributed by atoms with Gasteiger partial charge in [0.15, 0.2) is 11.6 Å². The van der Waals surface area contributed by atoms with E-state index in [-0.39, 0.29) is 12.1 Å². The highest BCUT2D eigenvalue weighted by atomic mass is 35.5. The standard InChI is InChI=1S/C25H31ClN6O2/c1-3-12-28-25(33)31(20-6-4-5-7-20)15-16-32-24(19-8-9-22(34-2)21(26)17-19)29-23(30-32)18-10-13-27-14-11-18/h8-11,13-14,17,20H,3-7,12,15-16H2,1-2H3,(H,28,33). The molecule has 0 bridgehead atoms. The zero-order valence-corrected chi connectivity index (χ0v) is 20.5. The molecule has 2 heterocycles. The van der Waals surface area contributed by atoms with Crippen LogP contribution in [0, 0.1) is 0 Å². The number of carbonyl (C=O) groups is 1. The smallest absolute Gasteiger partial charge is 0.317 e. The van der Waals surface area contributed by atoms with Crippen LogP contribution in [0.4, 0.5) is 4.79 Å². The third kappa shape index (κ3) is 5.50. The number of hydrogen-bond donors (Lipinski definition) is 1. The van der Waals surface area contributed by atoms with Gasteiger partial charge in [-0.25, -0.2) is 14.5 Å². The van der Waals surface area contributed by atoms with Gasteiger partial charge >= 0.3 is 6.03 Å². The number of hydrogen-bond acceptors (Lipinski definition) is 5. The highest BCUT2D eigenvalue weighted by Gasteiger charge is 2.27. The molecule has 1 N–H and O–H groups in total. The first kappa shape index (κ1) is 24.0. The summed E-state index contributed by atoms with van der Waals surface area (Å²) in [6.07, 6.45) is 8.76. The van der Waals surface area contributed by atoms with Gasteiger partial charge in [-0.3, -0.25) is 4.98 Å². The second-order valence-electron chi connectivity index (χ2n) is 8.43. The maximum absolute atomic E-state index is 12.9. The van der Waals surface area contributed by atoms with Crippen LogP contribution in [0.3, 0.4) is 0 Å². The van der Waals surface area contributed by atoms with Crippen molar-refractivity contribution in [1.29, 1.82) is 0 Å². The number of amides is 2. The molecule has 9 heteroatoms. The molecular formula is C25H31ClN6O2. The lowest BCUT2D eigenvalue weighted by Crippen LogP contribution is -2.46. The number of ether oxygens (including phenoxy) is 1. The van der Waals surface area contributed by atoms with Crippen LogP contribution >= 0.6 is 11.6 Å². The summed E-state index contributed by atoms with van der Waals surface area (Å²) in [7, 11) is 1.59. The minimum atomic E-state index is -0.00253. The van der Waals surface area contributed by atoms with Gasteiger partial charge in [-0.05, 0) is 49.6 Å². The van der Waals surface area contributed by atoms with Gasteiger partial charge in [0.05, 0.1) is 18.7 Å². The van der Waals surface area contributed by atoms with Crippen LogP contribution in [0.15, 0.2) is 42.7 Å². The predicted molar refractivity (Wildman–Crippen MR) is 133 cm³/mol. The van der Waals surface area contributed by atoms with Crippen molar-refractivity contribution in [3.05, 3.63) is 47.7 Å². The number of benzene rings is 1. The lowest BCUT2D eigenvalue weighted by Gasteiger charge is -2.29. The molecule has 1 aliphatic rings. The van der Waals surface area contributed by atoms with Crippen molar-refractivity contribution in [2.45, 2.75) is 51.6 Å². The lowest BCUT2D eigenvalue weighted by molar-refractivity contribution is 0.171. The molecule has 3 aromatic rings. The molecule has 4 rings (SSSR count). The molecule has 1 saturated carbocycles. The van der Waals surface area contributed by atoms with E-state index in [2.05, 4.69) is 17.2 Å². The van der Waals surface area contributed by atoms with Gasteiger partial charge in [-0.1, -0.05) is 31.4 Å². The van der Waals surface area contributed by atoms with Gasteiger partial charge in [-0.15, -0.1) is 0 Å². The monoisotopic (exact) mass is 482 g/mol. The van der Waals surface area contributed by atoms with E-state index in [0.717, 1.165) is 43.2 Å². The fourth-order valence-corrected chi connectivity index (χ4v) is 4.60. The molecule has 0 unspecified atom stereocenters. The topological polar surface area (TPSA) is 85.2 Å². The summed E-state index contributed by atoms with van der Waals surface area (Å²) in [6, 6.07) is 9.60. The molecular weight excluding hydrogens is 452 g/mol. The molecule has 0 radical (unpaired) electrons. The van der Waals surface area contributed by atoms with Crippen LogP contribution in [0.25, 0.3) is 22.8 Å². The number of carbonyl (C=O) groups excluding carboxylic acids is 1. The molecule has 1 aliphatic carbocycles. The third-order valence-electron chi connectivity index (χ3n) is 6.13. The SMILES string of the molecule is CCCNC(=O)N(CCn1nc(-c2ccncc2)nc1-c1ccc(OC)c(Cl)c1)C1CCCC1.